The van der Waals surface area contributed by atoms with E-state index in [0.717, 1.165) is 63.4 Å². The van der Waals surface area contributed by atoms with Gasteiger partial charge < -0.3 is 15.5 Å². The number of aromatic nitrogens is 3. The molecule has 8 nitrogen and oxygen atoms in total. The van der Waals surface area contributed by atoms with E-state index in [-0.39, 0.29) is 24.0 Å². The molecule has 1 aliphatic heterocycles. The molecule has 2 heterocycles. The zero-order chi connectivity index (χ0) is 21.0. The number of aliphatic imine (C=N–C) groups is 1. The van der Waals surface area contributed by atoms with Gasteiger partial charge in [-0.05, 0) is 37.3 Å². The minimum atomic E-state index is 0. The Morgan fingerprint density at radius 2 is 2.06 bits per heavy atom. The normalized spacial score (nSPS) is 14.7. The van der Waals surface area contributed by atoms with Crippen LogP contribution in [0.1, 0.15) is 50.2 Å². The van der Waals surface area contributed by atoms with Crippen LogP contribution in [-0.2, 0) is 17.9 Å². The smallest absolute Gasteiger partial charge is 0.222 e. The summed E-state index contributed by atoms with van der Waals surface area (Å²) in [6.07, 6.45) is 8.21. The molecular formula is C22H34IN7O. The van der Waals surface area contributed by atoms with Crippen LogP contribution in [0.2, 0.25) is 0 Å². The minimum absolute atomic E-state index is 0. The van der Waals surface area contributed by atoms with Crippen LogP contribution in [0.15, 0.2) is 41.9 Å². The van der Waals surface area contributed by atoms with Crippen LogP contribution in [0.3, 0.4) is 0 Å². The Morgan fingerprint density at radius 3 is 2.87 bits per heavy atom. The van der Waals surface area contributed by atoms with E-state index in [0.29, 0.717) is 25.4 Å². The van der Waals surface area contributed by atoms with Crippen molar-refractivity contribution in [3.8, 4) is 0 Å². The number of nitrogens with zero attached hydrogens (tertiary/aromatic N) is 5. The van der Waals surface area contributed by atoms with Crippen molar-refractivity contribution in [1.82, 2.24) is 30.3 Å². The van der Waals surface area contributed by atoms with Crippen LogP contribution in [0.25, 0.3) is 0 Å². The fourth-order valence-corrected chi connectivity index (χ4v) is 3.59. The summed E-state index contributed by atoms with van der Waals surface area (Å²) in [4.78, 5) is 22.8. The van der Waals surface area contributed by atoms with Gasteiger partial charge in [-0.15, -0.1) is 24.0 Å². The van der Waals surface area contributed by atoms with Crippen LogP contribution in [0.5, 0.6) is 0 Å². The fraction of sp³-hybridized carbons (Fsp3) is 0.545. The second kappa shape index (κ2) is 14.0. The first-order valence-corrected chi connectivity index (χ1v) is 10.9. The molecule has 2 N–H and O–H groups in total. The highest BCUT2D eigenvalue weighted by atomic mass is 127. The standard InChI is InChI=1S/C22H33N7O.HI/c1-2-24-22(25-11-7-13-28-12-5-3-4-10-21(28)30)26-15-19-8-6-9-20(14-19)16-29-18-23-17-27-29;/h6,8-9,14,17-18H,2-5,7,10-13,15-16H2,1H3,(H2,24,25,26);1H. The van der Waals surface area contributed by atoms with E-state index in [1.165, 1.54) is 5.56 Å². The summed E-state index contributed by atoms with van der Waals surface area (Å²) in [5.41, 5.74) is 2.33. The third kappa shape index (κ3) is 8.84. The van der Waals surface area contributed by atoms with Crippen LogP contribution in [0, 0.1) is 0 Å². The Balaban J connectivity index is 0.00000341. The van der Waals surface area contributed by atoms with E-state index < -0.39 is 0 Å². The molecule has 2 aromatic rings. The molecule has 3 rings (SSSR count). The lowest BCUT2D eigenvalue weighted by atomic mass is 10.1. The summed E-state index contributed by atoms with van der Waals surface area (Å²) in [6.45, 7) is 6.68. The summed E-state index contributed by atoms with van der Waals surface area (Å²) in [6, 6.07) is 8.38. The summed E-state index contributed by atoms with van der Waals surface area (Å²) >= 11 is 0. The van der Waals surface area contributed by atoms with Crippen LogP contribution in [-0.4, -0.2) is 57.7 Å². The number of guanidine groups is 1. The summed E-state index contributed by atoms with van der Waals surface area (Å²) in [5.74, 6) is 1.11. The van der Waals surface area contributed by atoms with Gasteiger partial charge in [0.1, 0.15) is 12.7 Å². The van der Waals surface area contributed by atoms with E-state index in [1.807, 2.05) is 9.58 Å². The molecule has 0 radical (unpaired) electrons. The van der Waals surface area contributed by atoms with Gasteiger partial charge in [0.05, 0.1) is 13.1 Å². The number of hydrogen-bond donors (Lipinski definition) is 2. The van der Waals surface area contributed by atoms with Gasteiger partial charge in [0.15, 0.2) is 5.96 Å². The molecule has 1 amide bonds. The first-order chi connectivity index (χ1) is 14.7. The first-order valence-electron chi connectivity index (χ1n) is 10.9. The van der Waals surface area contributed by atoms with Gasteiger partial charge in [-0.2, -0.15) is 5.10 Å². The van der Waals surface area contributed by atoms with Crippen LogP contribution < -0.4 is 10.6 Å². The molecule has 170 valence electrons. The van der Waals surface area contributed by atoms with Gasteiger partial charge in [-0.25, -0.2) is 14.7 Å². The Morgan fingerprint density at radius 1 is 1.19 bits per heavy atom. The third-order valence-corrected chi connectivity index (χ3v) is 5.14. The molecule has 31 heavy (non-hydrogen) atoms. The molecule has 0 atom stereocenters. The molecule has 0 unspecified atom stereocenters. The van der Waals surface area contributed by atoms with Gasteiger partial charge in [-0.1, -0.05) is 30.7 Å². The van der Waals surface area contributed by atoms with Crippen molar-refractivity contribution >= 4 is 35.8 Å². The quantitative estimate of drug-likeness (QED) is 0.222. The lowest BCUT2D eigenvalue weighted by molar-refractivity contribution is -0.130. The summed E-state index contributed by atoms with van der Waals surface area (Å²) in [5, 5.41) is 10.8. The molecule has 1 saturated heterocycles. The lowest BCUT2D eigenvalue weighted by Gasteiger charge is -2.20. The maximum Gasteiger partial charge on any atom is 0.222 e. The lowest BCUT2D eigenvalue weighted by Crippen LogP contribution is -2.39. The van der Waals surface area contributed by atoms with E-state index in [9.17, 15) is 4.79 Å². The Hall–Kier alpha value is -2.17. The molecular weight excluding hydrogens is 505 g/mol. The number of likely N-dealkylation sites (tertiary alicyclic amines) is 1. The highest BCUT2D eigenvalue weighted by molar-refractivity contribution is 14.0. The van der Waals surface area contributed by atoms with Crippen molar-refractivity contribution in [2.75, 3.05) is 26.2 Å². The molecule has 1 aromatic carbocycles. The number of rotatable bonds is 9. The Bertz CT molecular complexity index is 810. The largest absolute Gasteiger partial charge is 0.357 e. The molecule has 1 fully saturated rings. The van der Waals surface area contributed by atoms with Gasteiger partial charge in [0.2, 0.25) is 5.91 Å². The van der Waals surface area contributed by atoms with Gasteiger partial charge >= 0.3 is 0 Å². The van der Waals surface area contributed by atoms with Crippen molar-refractivity contribution in [2.45, 2.75) is 52.1 Å². The number of halogens is 1. The zero-order valence-corrected chi connectivity index (χ0v) is 20.6. The summed E-state index contributed by atoms with van der Waals surface area (Å²) in [7, 11) is 0. The predicted octanol–water partition coefficient (Wildman–Crippen LogP) is 2.79. The Kier molecular flexibility index (Phi) is 11.3. The topological polar surface area (TPSA) is 87.4 Å². The molecule has 1 aliphatic rings. The maximum absolute atomic E-state index is 12.1. The number of hydrogen-bond acceptors (Lipinski definition) is 4. The highest BCUT2D eigenvalue weighted by Gasteiger charge is 2.15. The van der Waals surface area contributed by atoms with Crippen molar-refractivity contribution in [1.29, 1.82) is 0 Å². The molecule has 1 aromatic heterocycles. The highest BCUT2D eigenvalue weighted by Crippen LogP contribution is 2.11. The average Bonchev–Trinajstić information content (AvgIpc) is 3.17. The minimum Gasteiger partial charge on any atom is -0.357 e. The Labute approximate surface area is 201 Å². The predicted molar refractivity (Wildman–Crippen MR) is 133 cm³/mol. The van der Waals surface area contributed by atoms with Crippen LogP contribution in [0.4, 0.5) is 0 Å². The van der Waals surface area contributed by atoms with Gasteiger partial charge in [0, 0.05) is 32.6 Å². The average molecular weight is 539 g/mol. The maximum atomic E-state index is 12.1. The number of nitrogens with one attached hydrogen (secondary N) is 2. The van der Waals surface area contributed by atoms with Crippen molar-refractivity contribution < 1.29 is 4.79 Å². The second-order valence-corrected chi connectivity index (χ2v) is 7.58. The van der Waals surface area contributed by atoms with Crippen molar-refractivity contribution in [2.24, 2.45) is 4.99 Å². The fourth-order valence-electron chi connectivity index (χ4n) is 3.59. The molecule has 0 saturated carbocycles. The number of amides is 1. The first kappa shape index (κ1) is 25.1. The van der Waals surface area contributed by atoms with E-state index in [4.69, 9.17) is 4.99 Å². The summed E-state index contributed by atoms with van der Waals surface area (Å²) < 4.78 is 1.81. The van der Waals surface area contributed by atoms with Gasteiger partial charge in [0.25, 0.3) is 0 Å². The third-order valence-electron chi connectivity index (χ3n) is 5.14. The molecule has 0 bridgehead atoms. The van der Waals surface area contributed by atoms with Crippen LogP contribution >= 0.6 is 24.0 Å². The van der Waals surface area contributed by atoms with Crippen molar-refractivity contribution in [3.63, 3.8) is 0 Å². The SMILES string of the molecule is CCNC(=NCc1cccc(Cn2cncn2)c1)NCCCN1CCCCCC1=O.I. The second-order valence-electron chi connectivity index (χ2n) is 7.58. The van der Waals surface area contributed by atoms with E-state index in [2.05, 4.69) is 51.9 Å². The zero-order valence-electron chi connectivity index (χ0n) is 18.3. The molecule has 9 heteroatoms. The number of carbonyl (C=O) groups is 1. The van der Waals surface area contributed by atoms with E-state index in [1.54, 1.807) is 12.7 Å². The monoisotopic (exact) mass is 539 g/mol. The number of benzene rings is 1. The molecule has 0 spiro atoms. The number of carbonyl (C=O) groups excluding carboxylic acids is 1. The molecule has 0 aliphatic carbocycles. The van der Waals surface area contributed by atoms with Crippen molar-refractivity contribution in [3.05, 3.63) is 48.0 Å². The van der Waals surface area contributed by atoms with E-state index >= 15 is 0 Å². The van der Waals surface area contributed by atoms with Gasteiger partial charge in [-0.3, -0.25) is 4.79 Å².